The monoisotopic (exact) mass is 282 g/mol. The zero-order valence-electron chi connectivity index (χ0n) is 6.90. The van der Waals surface area contributed by atoms with Crippen molar-refractivity contribution >= 4 is 27.5 Å². The van der Waals surface area contributed by atoms with E-state index in [1.54, 1.807) is 0 Å². The summed E-state index contributed by atoms with van der Waals surface area (Å²) in [5.74, 6) is -3.50. The maximum Gasteiger partial charge on any atom is 0.256 e. The second-order valence-electron chi connectivity index (χ2n) is 3.34. The van der Waals surface area contributed by atoms with E-state index in [9.17, 15) is 8.78 Å². The third kappa shape index (κ3) is 1.61. The minimum Gasteiger partial charge on any atom is -0.508 e. The molecule has 0 aliphatic heterocycles. The molecule has 0 heterocycles. The van der Waals surface area contributed by atoms with Gasteiger partial charge in [-0.25, -0.2) is 8.78 Å². The molecular formula is C9H6BrClF2O. The van der Waals surface area contributed by atoms with E-state index in [-0.39, 0.29) is 17.2 Å². The van der Waals surface area contributed by atoms with Gasteiger partial charge >= 0.3 is 0 Å². The van der Waals surface area contributed by atoms with Crippen LogP contribution in [0, 0.1) is 0 Å². The van der Waals surface area contributed by atoms with Crippen LogP contribution in [-0.2, 0) is 0 Å². The molecule has 0 amide bonds. The molecule has 0 aromatic heterocycles. The fraction of sp³-hybridized carbons (Fsp3) is 0.333. The molecule has 1 N–H and O–H groups in total. The Bertz CT molecular complexity index is 371. The predicted molar refractivity (Wildman–Crippen MR) is 53.1 cm³/mol. The molecule has 5 heteroatoms. The van der Waals surface area contributed by atoms with Crippen LogP contribution in [-0.4, -0.2) is 11.0 Å². The van der Waals surface area contributed by atoms with Gasteiger partial charge in [0.1, 0.15) is 5.75 Å². The highest BCUT2D eigenvalue weighted by atomic mass is 79.9. The van der Waals surface area contributed by atoms with Crippen LogP contribution < -0.4 is 0 Å². The Morgan fingerprint density at radius 2 is 2.07 bits per heavy atom. The average Bonchev–Trinajstić information content (AvgIpc) is 2.56. The zero-order chi connectivity index (χ0) is 10.5. The fourth-order valence-corrected chi connectivity index (χ4v) is 2.61. The smallest absolute Gasteiger partial charge is 0.256 e. The minimum atomic E-state index is -2.65. The summed E-state index contributed by atoms with van der Waals surface area (Å²) >= 11 is 8.89. The van der Waals surface area contributed by atoms with Gasteiger partial charge in [-0.15, -0.1) is 0 Å². The Labute approximate surface area is 92.8 Å². The zero-order valence-corrected chi connectivity index (χ0v) is 9.24. The van der Waals surface area contributed by atoms with Gasteiger partial charge in [0.2, 0.25) is 0 Å². The van der Waals surface area contributed by atoms with Crippen LogP contribution in [0.4, 0.5) is 8.78 Å². The van der Waals surface area contributed by atoms with Gasteiger partial charge in [-0.05, 0) is 17.7 Å². The number of phenolic OH excluding ortho intramolecular Hbond substituents is 1. The first kappa shape index (κ1) is 10.2. The Morgan fingerprint density at radius 3 is 2.50 bits per heavy atom. The fourth-order valence-electron chi connectivity index (χ4n) is 1.43. The molecule has 14 heavy (non-hydrogen) atoms. The first-order chi connectivity index (χ1) is 6.42. The van der Waals surface area contributed by atoms with Gasteiger partial charge in [-0.2, -0.15) is 0 Å². The molecule has 0 spiro atoms. The van der Waals surface area contributed by atoms with Crippen LogP contribution in [0.2, 0.25) is 5.02 Å². The predicted octanol–water partition coefficient (Wildman–Crippen LogP) is 3.93. The number of hydrogen-bond acceptors (Lipinski definition) is 1. The van der Waals surface area contributed by atoms with E-state index in [0.29, 0.717) is 10.0 Å². The summed E-state index contributed by atoms with van der Waals surface area (Å²) in [7, 11) is 0. The molecule has 1 nitrogen and oxygen atoms in total. The summed E-state index contributed by atoms with van der Waals surface area (Å²) in [5, 5.41) is 9.33. The van der Waals surface area contributed by atoms with Crippen LogP contribution in [0.15, 0.2) is 16.6 Å². The standard InChI is InChI=1S/C9H6BrClF2O/c10-6-1-4(14)2-7(11)8(6)5-3-9(5,12)13/h1-2,5,14H,3H2. The van der Waals surface area contributed by atoms with Gasteiger partial charge < -0.3 is 5.11 Å². The lowest BCUT2D eigenvalue weighted by atomic mass is 10.1. The molecule has 1 saturated carbocycles. The first-order valence-corrected chi connectivity index (χ1v) is 5.14. The second kappa shape index (κ2) is 3.07. The highest BCUT2D eigenvalue weighted by Gasteiger charge is 2.58. The van der Waals surface area contributed by atoms with E-state index in [2.05, 4.69) is 15.9 Å². The van der Waals surface area contributed by atoms with Gasteiger partial charge in [-0.3, -0.25) is 0 Å². The molecular weight excluding hydrogens is 277 g/mol. The van der Waals surface area contributed by atoms with Crippen LogP contribution in [0.3, 0.4) is 0 Å². The maximum atomic E-state index is 12.8. The van der Waals surface area contributed by atoms with E-state index < -0.39 is 11.8 Å². The summed E-state index contributed by atoms with van der Waals surface area (Å²) in [5.41, 5.74) is 0.384. The molecule has 1 atom stereocenters. The summed E-state index contributed by atoms with van der Waals surface area (Å²) in [6, 6.07) is 2.64. The van der Waals surface area contributed by atoms with E-state index in [4.69, 9.17) is 16.7 Å². The number of halogens is 4. The Morgan fingerprint density at radius 1 is 1.50 bits per heavy atom. The molecule has 1 fully saturated rings. The molecule has 0 radical (unpaired) electrons. The lowest BCUT2D eigenvalue weighted by Gasteiger charge is -2.06. The van der Waals surface area contributed by atoms with Crippen molar-refractivity contribution in [1.29, 1.82) is 0 Å². The average molecular weight is 283 g/mol. The highest BCUT2D eigenvalue weighted by molar-refractivity contribution is 9.10. The summed E-state index contributed by atoms with van der Waals surface area (Å²) in [6.45, 7) is 0. The molecule has 76 valence electrons. The van der Waals surface area contributed by atoms with E-state index >= 15 is 0 Å². The van der Waals surface area contributed by atoms with Crippen molar-refractivity contribution in [3.05, 3.63) is 27.2 Å². The van der Waals surface area contributed by atoms with Crippen LogP contribution in [0.5, 0.6) is 5.75 Å². The van der Waals surface area contributed by atoms with Crippen molar-refractivity contribution in [3.8, 4) is 5.75 Å². The topological polar surface area (TPSA) is 20.2 Å². The Kier molecular flexibility index (Phi) is 2.23. The molecule has 1 aromatic rings. The van der Waals surface area contributed by atoms with E-state index in [1.165, 1.54) is 12.1 Å². The first-order valence-electron chi connectivity index (χ1n) is 3.97. The van der Waals surface area contributed by atoms with Crippen LogP contribution >= 0.6 is 27.5 Å². The maximum absolute atomic E-state index is 12.8. The van der Waals surface area contributed by atoms with Crippen molar-refractivity contribution < 1.29 is 13.9 Å². The van der Waals surface area contributed by atoms with Gasteiger partial charge in [-0.1, -0.05) is 27.5 Å². The Balaban J connectivity index is 2.44. The number of rotatable bonds is 1. The lowest BCUT2D eigenvalue weighted by molar-refractivity contribution is 0.112. The van der Waals surface area contributed by atoms with Gasteiger partial charge in [0, 0.05) is 15.9 Å². The van der Waals surface area contributed by atoms with Crippen molar-refractivity contribution in [2.45, 2.75) is 18.3 Å². The largest absolute Gasteiger partial charge is 0.508 e. The highest BCUT2D eigenvalue weighted by Crippen LogP contribution is 2.58. The lowest BCUT2D eigenvalue weighted by Crippen LogP contribution is -1.94. The van der Waals surface area contributed by atoms with Gasteiger partial charge in [0.25, 0.3) is 5.92 Å². The SMILES string of the molecule is Oc1cc(Cl)c(C2CC2(F)F)c(Br)c1. The van der Waals surface area contributed by atoms with E-state index in [1.807, 2.05) is 0 Å². The number of alkyl halides is 2. The van der Waals surface area contributed by atoms with Crippen LogP contribution in [0.25, 0.3) is 0 Å². The van der Waals surface area contributed by atoms with Crippen molar-refractivity contribution in [1.82, 2.24) is 0 Å². The van der Waals surface area contributed by atoms with Crippen molar-refractivity contribution in [2.75, 3.05) is 0 Å². The summed E-state index contributed by atoms with van der Waals surface area (Å²) < 4.78 is 26.0. The van der Waals surface area contributed by atoms with E-state index in [0.717, 1.165) is 0 Å². The quantitative estimate of drug-likeness (QED) is 0.828. The van der Waals surface area contributed by atoms with Crippen molar-refractivity contribution in [3.63, 3.8) is 0 Å². The molecule has 1 unspecified atom stereocenters. The summed E-state index contributed by atoms with van der Waals surface area (Å²) in [4.78, 5) is 0. The van der Waals surface area contributed by atoms with Crippen molar-refractivity contribution in [2.24, 2.45) is 0 Å². The molecule has 0 saturated heterocycles. The number of aromatic hydroxyl groups is 1. The van der Waals surface area contributed by atoms with Gasteiger partial charge in [0.15, 0.2) is 0 Å². The number of hydrogen-bond donors (Lipinski definition) is 1. The molecule has 1 aromatic carbocycles. The normalized spacial score (nSPS) is 23.6. The number of phenols is 1. The molecule has 1 aliphatic carbocycles. The Hall–Kier alpha value is -0.350. The molecule has 2 rings (SSSR count). The molecule has 0 bridgehead atoms. The third-order valence-corrected chi connectivity index (χ3v) is 3.21. The molecule has 1 aliphatic rings. The third-order valence-electron chi connectivity index (χ3n) is 2.24. The second-order valence-corrected chi connectivity index (χ2v) is 4.60. The number of benzene rings is 1. The minimum absolute atomic E-state index is 0.0328. The summed E-state index contributed by atoms with van der Waals surface area (Å²) in [6.07, 6.45) is -0.171. The van der Waals surface area contributed by atoms with Gasteiger partial charge in [0.05, 0.1) is 5.92 Å². The van der Waals surface area contributed by atoms with Crippen LogP contribution in [0.1, 0.15) is 17.9 Å².